The van der Waals surface area contributed by atoms with Crippen LogP contribution in [0.4, 0.5) is 0 Å². The molecule has 0 unspecified atom stereocenters. The highest BCUT2D eigenvalue weighted by Gasteiger charge is 2.10. The van der Waals surface area contributed by atoms with Gasteiger partial charge in [0.15, 0.2) is 0 Å². The van der Waals surface area contributed by atoms with Gasteiger partial charge in [-0.3, -0.25) is 0 Å². The van der Waals surface area contributed by atoms with Crippen LogP contribution in [-0.4, -0.2) is 5.11 Å². The van der Waals surface area contributed by atoms with Gasteiger partial charge < -0.3 is 5.11 Å². The van der Waals surface area contributed by atoms with Gasteiger partial charge in [0.05, 0.1) is 0 Å². The van der Waals surface area contributed by atoms with Crippen LogP contribution in [0.2, 0.25) is 0 Å². The van der Waals surface area contributed by atoms with Gasteiger partial charge in [0, 0.05) is 15.4 Å². The minimum absolute atomic E-state index is 0.396. The lowest BCUT2D eigenvalue weighted by Crippen LogP contribution is -1.89. The number of aromatic hydroxyl groups is 1. The number of phenols is 1. The van der Waals surface area contributed by atoms with E-state index in [1.807, 2.05) is 17.5 Å². The topological polar surface area (TPSA) is 20.2 Å². The Morgan fingerprint density at radius 2 is 2.29 bits per heavy atom. The Morgan fingerprint density at radius 1 is 1.50 bits per heavy atom. The van der Waals surface area contributed by atoms with Gasteiger partial charge in [-0.25, -0.2) is 0 Å². The van der Waals surface area contributed by atoms with Gasteiger partial charge in [0.2, 0.25) is 0 Å². The van der Waals surface area contributed by atoms with Crippen molar-refractivity contribution in [3.8, 4) is 5.75 Å². The third-order valence-electron chi connectivity index (χ3n) is 2.41. The molecule has 1 nitrogen and oxygen atoms in total. The van der Waals surface area contributed by atoms with Crippen molar-refractivity contribution in [2.24, 2.45) is 0 Å². The van der Waals surface area contributed by atoms with Crippen LogP contribution in [0.1, 0.15) is 18.1 Å². The van der Waals surface area contributed by atoms with Crippen LogP contribution in [0.3, 0.4) is 0 Å². The maximum atomic E-state index is 9.78. The third-order valence-corrected chi connectivity index (χ3v) is 3.99. The fourth-order valence-corrected chi connectivity index (χ4v) is 3.29. The average molecular weight is 271 g/mol. The van der Waals surface area contributed by atoms with E-state index in [0.29, 0.717) is 5.75 Å². The molecule has 1 heterocycles. The zero-order valence-electron chi connectivity index (χ0n) is 7.88. The first-order chi connectivity index (χ1) is 6.77. The Labute approximate surface area is 95.5 Å². The maximum Gasteiger partial charge on any atom is 0.124 e. The lowest BCUT2D eigenvalue weighted by molar-refractivity contribution is 0.481. The molecule has 0 amide bonds. The Balaban J connectivity index is 2.82. The van der Waals surface area contributed by atoms with E-state index in [9.17, 15) is 5.11 Å². The standard InChI is InChI=1S/C11H11BrOS/c1-2-8-7(6-12)5-10(13)9-3-4-14-11(8)9/h3-5,13H,2,6H2,1H3. The van der Waals surface area contributed by atoms with Crippen molar-refractivity contribution < 1.29 is 5.11 Å². The quantitative estimate of drug-likeness (QED) is 0.816. The molecule has 14 heavy (non-hydrogen) atoms. The number of hydrogen-bond donors (Lipinski definition) is 1. The molecule has 0 radical (unpaired) electrons. The molecule has 0 bridgehead atoms. The van der Waals surface area contributed by atoms with E-state index in [1.165, 1.54) is 15.8 Å². The first-order valence-electron chi connectivity index (χ1n) is 4.54. The maximum absolute atomic E-state index is 9.78. The van der Waals surface area contributed by atoms with Crippen molar-refractivity contribution in [1.82, 2.24) is 0 Å². The molecule has 0 saturated carbocycles. The van der Waals surface area contributed by atoms with Gasteiger partial charge in [-0.05, 0) is 35.1 Å². The molecule has 2 rings (SSSR count). The summed E-state index contributed by atoms with van der Waals surface area (Å²) in [5, 5.41) is 13.6. The number of phenolic OH excluding ortho intramolecular Hbond substituents is 1. The van der Waals surface area contributed by atoms with Crippen molar-refractivity contribution in [2.45, 2.75) is 18.7 Å². The summed E-state index contributed by atoms with van der Waals surface area (Å²) in [6, 6.07) is 3.84. The Morgan fingerprint density at radius 3 is 2.93 bits per heavy atom. The third kappa shape index (κ3) is 1.44. The second kappa shape index (κ2) is 3.91. The van der Waals surface area contributed by atoms with E-state index in [4.69, 9.17) is 0 Å². The molecule has 2 aromatic rings. The molecule has 0 saturated heterocycles. The van der Waals surface area contributed by atoms with E-state index in [-0.39, 0.29) is 0 Å². The van der Waals surface area contributed by atoms with Crippen LogP contribution in [0.5, 0.6) is 5.75 Å². The van der Waals surface area contributed by atoms with E-state index in [0.717, 1.165) is 17.1 Å². The molecule has 0 atom stereocenters. The van der Waals surface area contributed by atoms with E-state index in [2.05, 4.69) is 22.9 Å². The van der Waals surface area contributed by atoms with Crippen LogP contribution in [0.15, 0.2) is 17.5 Å². The Hall–Kier alpha value is -0.540. The van der Waals surface area contributed by atoms with Crippen LogP contribution >= 0.6 is 27.3 Å². The van der Waals surface area contributed by atoms with Crippen LogP contribution in [0.25, 0.3) is 10.1 Å². The van der Waals surface area contributed by atoms with Crippen molar-refractivity contribution in [2.75, 3.05) is 0 Å². The highest BCUT2D eigenvalue weighted by Crippen LogP contribution is 2.35. The summed E-state index contributed by atoms with van der Waals surface area (Å²) < 4.78 is 1.22. The van der Waals surface area contributed by atoms with Crippen LogP contribution in [0, 0.1) is 0 Å². The molecule has 0 aliphatic rings. The first kappa shape index (κ1) is 9.99. The van der Waals surface area contributed by atoms with Crippen molar-refractivity contribution >= 4 is 37.4 Å². The summed E-state index contributed by atoms with van der Waals surface area (Å²) in [6.45, 7) is 2.15. The summed E-state index contributed by atoms with van der Waals surface area (Å²) >= 11 is 5.15. The second-order valence-corrected chi connectivity index (χ2v) is 4.66. The fourth-order valence-electron chi connectivity index (χ4n) is 1.73. The SMILES string of the molecule is CCc1c(CBr)cc(O)c2ccsc12. The largest absolute Gasteiger partial charge is 0.507 e. The molecule has 74 valence electrons. The summed E-state index contributed by atoms with van der Waals surface area (Å²) in [5.74, 6) is 0.396. The molecule has 0 fully saturated rings. The first-order valence-corrected chi connectivity index (χ1v) is 6.55. The van der Waals surface area contributed by atoms with E-state index in [1.54, 1.807) is 11.3 Å². The smallest absolute Gasteiger partial charge is 0.124 e. The Kier molecular flexibility index (Phi) is 2.79. The highest BCUT2D eigenvalue weighted by atomic mass is 79.9. The molecular formula is C11H11BrOS. The van der Waals surface area contributed by atoms with Crippen LogP contribution < -0.4 is 0 Å². The molecule has 0 spiro atoms. The van der Waals surface area contributed by atoms with Gasteiger partial charge in [-0.2, -0.15) is 0 Å². The number of aryl methyl sites for hydroxylation is 1. The zero-order valence-corrected chi connectivity index (χ0v) is 10.3. The van der Waals surface area contributed by atoms with Crippen molar-refractivity contribution in [3.05, 3.63) is 28.6 Å². The molecule has 0 aliphatic heterocycles. The Bertz CT molecular complexity index is 462. The van der Waals surface area contributed by atoms with Gasteiger partial charge in [-0.15, -0.1) is 11.3 Å². The van der Waals surface area contributed by atoms with Crippen LogP contribution in [-0.2, 0) is 11.8 Å². The summed E-state index contributed by atoms with van der Waals surface area (Å²) in [7, 11) is 0. The molecular weight excluding hydrogens is 260 g/mol. The monoisotopic (exact) mass is 270 g/mol. The molecule has 1 aromatic carbocycles. The predicted octanol–water partition coefficient (Wildman–Crippen LogP) is 4.06. The minimum atomic E-state index is 0.396. The molecule has 3 heteroatoms. The number of thiophene rings is 1. The number of rotatable bonds is 2. The van der Waals surface area contributed by atoms with Crippen molar-refractivity contribution in [1.29, 1.82) is 0 Å². The summed E-state index contributed by atoms with van der Waals surface area (Å²) in [5.41, 5.74) is 2.55. The van der Waals surface area contributed by atoms with Gasteiger partial charge in [0.25, 0.3) is 0 Å². The number of alkyl halides is 1. The molecule has 0 aliphatic carbocycles. The normalized spacial score (nSPS) is 11.0. The average Bonchev–Trinajstić information content (AvgIpc) is 2.66. The fraction of sp³-hybridized carbons (Fsp3) is 0.273. The summed E-state index contributed by atoms with van der Waals surface area (Å²) in [4.78, 5) is 0. The number of halogens is 1. The van der Waals surface area contributed by atoms with E-state index < -0.39 is 0 Å². The molecule has 1 N–H and O–H groups in total. The van der Waals surface area contributed by atoms with Crippen molar-refractivity contribution in [3.63, 3.8) is 0 Å². The zero-order chi connectivity index (χ0) is 10.1. The highest BCUT2D eigenvalue weighted by molar-refractivity contribution is 9.08. The summed E-state index contributed by atoms with van der Waals surface area (Å²) in [6.07, 6.45) is 1.01. The number of fused-ring (bicyclic) bond motifs is 1. The predicted molar refractivity (Wildman–Crippen MR) is 65.5 cm³/mol. The second-order valence-electron chi connectivity index (χ2n) is 3.18. The number of benzene rings is 1. The van der Waals surface area contributed by atoms with E-state index >= 15 is 0 Å². The minimum Gasteiger partial charge on any atom is -0.507 e. The lowest BCUT2D eigenvalue weighted by Gasteiger charge is -2.07. The molecule has 1 aromatic heterocycles. The van der Waals surface area contributed by atoms with Gasteiger partial charge >= 0.3 is 0 Å². The lowest BCUT2D eigenvalue weighted by atomic mass is 10.0. The number of hydrogen-bond acceptors (Lipinski definition) is 2. The van der Waals surface area contributed by atoms with Gasteiger partial charge in [0.1, 0.15) is 5.75 Å². The van der Waals surface area contributed by atoms with Gasteiger partial charge in [-0.1, -0.05) is 22.9 Å².